The van der Waals surface area contributed by atoms with E-state index >= 15 is 0 Å². The molecule has 1 heterocycles. The molecule has 2 aromatic carbocycles. The summed E-state index contributed by atoms with van der Waals surface area (Å²) in [6.07, 6.45) is 0. The SMILES string of the molecule is Cc1ccccc1-c1cc(-c2ccc(F)cc2)[nH]c(=O)c1C#N. The first-order valence-corrected chi connectivity index (χ1v) is 7.09. The van der Waals surface area contributed by atoms with Crippen molar-refractivity contribution in [2.45, 2.75) is 6.92 Å². The summed E-state index contributed by atoms with van der Waals surface area (Å²) >= 11 is 0. The van der Waals surface area contributed by atoms with Gasteiger partial charge in [-0.25, -0.2) is 4.39 Å². The molecule has 0 radical (unpaired) electrons. The number of hydrogen-bond donors (Lipinski definition) is 1. The molecule has 0 aliphatic heterocycles. The Morgan fingerprint density at radius 1 is 1.04 bits per heavy atom. The average Bonchev–Trinajstić information content (AvgIpc) is 2.55. The smallest absolute Gasteiger partial charge is 0.266 e. The van der Waals surface area contributed by atoms with E-state index in [4.69, 9.17) is 0 Å². The van der Waals surface area contributed by atoms with Gasteiger partial charge < -0.3 is 4.98 Å². The Labute approximate surface area is 132 Å². The molecular weight excluding hydrogens is 291 g/mol. The lowest BCUT2D eigenvalue weighted by Gasteiger charge is -2.10. The lowest BCUT2D eigenvalue weighted by Crippen LogP contribution is -2.13. The molecule has 3 nitrogen and oxygen atoms in total. The van der Waals surface area contributed by atoms with Gasteiger partial charge in [0.2, 0.25) is 0 Å². The maximum Gasteiger partial charge on any atom is 0.266 e. The standard InChI is InChI=1S/C19H13FN2O/c1-12-4-2-3-5-15(12)16-10-18(22-19(23)17(16)11-21)13-6-8-14(20)9-7-13/h2-10H,1H3,(H,22,23). The Kier molecular flexibility index (Phi) is 3.78. The van der Waals surface area contributed by atoms with Gasteiger partial charge in [-0.3, -0.25) is 4.79 Å². The molecule has 3 aromatic rings. The molecule has 0 saturated carbocycles. The third kappa shape index (κ3) is 2.77. The van der Waals surface area contributed by atoms with Crippen molar-refractivity contribution in [3.8, 4) is 28.5 Å². The summed E-state index contributed by atoms with van der Waals surface area (Å²) in [6.45, 7) is 1.93. The highest BCUT2D eigenvalue weighted by molar-refractivity contribution is 5.77. The van der Waals surface area contributed by atoms with Crippen molar-refractivity contribution in [2.75, 3.05) is 0 Å². The van der Waals surface area contributed by atoms with Crippen LogP contribution >= 0.6 is 0 Å². The molecule has 23 heavy (non-hydrogen) atoms. The van der Waals surface area contributed by atoms with Gasteiger partial charge in [0.1, 0.15) is 17.4 Å². The Hall–Kier alpha value is -3.19. The minimum absolute atomic E-state index is 0.0742. The maximum absolute atomic E-state index is 13.1. The molecule has 0 amide bonds. The van der Waals surface area contributed by atoms with Crippen LogP contribution in [0.1, 0.15) is 11.1 Å². The second-order valence-electron chi connectivity index (χ2n) is 5.23. The van der Waals surface area contributed by atoms with Crippen molar-refractivity contribution in [1.29, 1.82) is 5.26 Å². The fraction of sp³-hybridized carbons (Fsp3) is 0.0526. The lowest BCUT2D eigenvalue weighted by atomic mass is 9.96. The van der Waals surface area contributed by atoms with Crippen LogP contribution in [-0.4, -0.2) is 4.98 Å². The van der Waals surface area contributed by atoms with E-state index in [9.17, 15) is 14.4 Å². The van der Waals surface area contributed by atoms with Crippen molar-refractivity contribution in [2.24, 2.45) is 0 Å². The summed E-state index contributed by atoms with van der Waals surface area (Å²) in [7, 11) is 0. The highest BCUT2D eigenvalue weighted by Gasteiger charge is 2.13. The average molecular weight is 304 g/mol. The van der Waals surface area contributed by atoms with Crippen LogP contribution in [0.25, 0.3) is 22.4 Å². The van der Waals surface area contributed by atoms with Gasteiger partial charge in [-0.2, -0.15) is 5.26 Å². The Morgan fingerprint density at radius 2 is 1.74 bits per heavy atom. The molecule has 0 bridgehead atoms. The van der Waals surface area contributed by atoms with Gasteiger partial charge in [0.15, 0.2) is 0 Å². The van der Waals surface area contributed by atoms with Crippen molar-refractivity contribution >= 4 is 0 Å². The zero-order valence-electron chi connectivity index (χ0n) is 12.4. The molecule has 1 aromatic heterocycles. The maximum atomic E-state index is 13.1. The first-order chi connectivity index (χ1) is 11.1. The normalized spacial score (nSPS) is 10.3. The molecule has 112 valence electrons. The second-order valence-corrected chi connectivity index (χ2v) is 5.23. The molecule has 0 spiro atoms. The zero-order chi connectivity index (χ0) is 16.4. The third-order valence-electron chi connectivity index (χ3n) is 3.74. The number of aromatic nitrogens is 1. The van der Waals surface area contributed by atoms with E-state index in [1.807, 2.05) is 37.3 Å². The van der Waals surface area contributed by atoms with Gasteiger partial charge in [-0.05, 0) is 53.9 Å². The molecule has 4 heteroatoms. The van der Waals surface area contributed by atoms with Crippen LogP contribution < -0.4 is 5.56 Å². The molecular formula is C19H13FN2O. The number of H-pyrrole nitrogens is 1. The zero-order valence-corrected chi connectivity index (χ0v) is 12.4. The summed E-state index contributed by atoms with van der Waals surface area (Å²) in [6, 6.07) is 17.1. The molecule has 0 aliphatic carbocycles. The van der Waals surface area contributed by atoms with E-state index in [0.717, 1.165) is 11.1 Å². The Bertz CT molecular complexity index is 966. The monoisotopic (exact) mass is 304 g/mol. The van der Waals surface area contributed by atoms with Crippen LogP contribution in [0.5, 0.6) is 0 Å². The van der Waals surface area contributed by atoms with E-state index in [-0.39, 0.29) is 11.4 Å². The van der Waals surface area contributed by atoms with Crippen LogP contribution in [0.2, 0.25) is 0 Å². The minimum atomic E-state index is -0.451. The topological polar surface area (TPSA) is 56.6 Å². The van der Waals surface area contributed by atoms with E-state index in [0.29, 0.717) is 16.8 Å². The first kappa shape index (κ1) is 14.7. The van der Waals surface area contributed by atoms with Crippen molar-refractivity contribution in [3.63, 3.8) is 0 Å². The molecule has 0 saturated heterocycles. The predicted molar refractivity (Wildman–Crippen MR) is 87.3 cm³/mol. The minimum Gasteiger partial charge on any atom is -0.321 e. The van der Waals surface area contributed by atoms with Crippen molar-refractivity contribution in [3.05, 3.63) is 81.9 Å². The Morgan fingerprint density at radius 3 is 2.39 bits per heavy atom. The molecule has 3 rings (SSSR count). The number of rotatable bonds is 2. The highest BCUT2D eigenvalue weighted by Crippen LogP contribution is 2.28. The molecule has 1 N–H and O–H groups in total. The van der Waals surface area contributed by atoms with E-state index in [1.165, 1.54) is 12.1 Å². The summed E-state index contributed by atoms with van der Waals surface area (Å²) in [4.78, 5) is 15.0. The number of benzene rings is 2. The number of pyridine rings is 1. The molecule has 0 aliphatic rings. The second kappa shape index (κ2) is 5.90. The van der Waals surface area contributed by atoms with E-state index in [2.05, 4.69) is 4.98 Å². The Balaban J connectivity index is 2.27. The quantitative estimate of drug-likeness (QED) is 0.777. The number of aromatic amines is 1. The van der Waals surface area contributed by atoms with Gasteiger partial charge in [0, 0.05) is 11.3 Å². The number of nitrogens with zero attached hydrogens (tertiary/aromatic N) is 1. The molecule has 0 fully saturated rings. The number of halogens is 1. The number of nitrogens with one attached hydrogen (secondary N) is 1. The highest BCUT2D eigenvalue weighted by atomic mass is 19.1. The summed E-state index contributed by atoms with van der Waals surface area (Å²) < 4.78 is 13.1. The first-order valence-electron chi connectivity index (χ1n) is 7.09. The van der Waals surface area contributed by atoms with Gasteiger partial charge >= 0.3 is 0 Å². The van der Waals surface area contributed by atoms with Crippen molar-refractivity contribution < 1.29 is 4.39 Å². The van der Waals surface area contributed by atoms with Crippen LogP contribution in [0, 0.1) is 24.1 Å². The fourth-order valence-corrected chi connectivity index (χ4v) is 2.54. The summed E-state index contributed by atoms with van der Waals surface area (Å²) in [5.74, 6) is -0.344. The van der Waals surface area contributed by atoms with Crippen LogP contribution in [0.3, 0.4) is 0 Å². The summed E-state index contributed by atoms with van der Waals surface area (Å²) in [5.41, 5.74) is 3.24. The lowest BCUT2D eigenvalue weighted by molar-refractivity contribution is 0.628. The van der Waals surface area contributed by atoms with Gasteiger partial charge in [-0.1, -0.05) is 24.3 Å². The summed E-state index contributed by atoms with van der Waals surface area (Å²) in [5, 5.41) is 9.33. The molecule has 0 atom stereocenters. The van der Waals surface area contributed by atoms with E-state index < -0.39 is 5.56 Å². The molecule has 0 unspecified atom stereocenters. The largest absolute Gasteiger partial charge is 0.321 e. The number of nitriles is 1. The van der Waals surface area contributed by atoms with Crippen LogP contribution in [0.15, 0.2) is 59.4 Å². The van der Waals surface area contributed by atoms with Crippen molar-refractivity contribution in [1.82, 2.24) is 4.98 Å². The van der Waals surface area contributed by atoms with E-state index in [1.54, 1.807) is 18.2 Å². The number of aryl methyl sites for hydroxylation is 1. The third-order valence-corrected chi connectivity index (χ3v) is 3.74. The number of hydrogen-bond acceptors (Lipinski definition) is 2. The van der Waals surface area contributed by atoms with Gasteiger partial charge in [0.25, 0.3) is 5.56 Å². The van der Waals surface area contributed by atoms with Crippen LogP contribution in [0.4, 0.5) is 4.39 Å². The fourth-order valence-electron chi connectivity index (χ4n) is 2.54. The van der Waals surface area contributed by atoms with Gasteiger partial charge in [0.05, 0.1) is 0 Å². The van der Waals surface area contributed by atoms with Gasteiger partial charge in [-0.15, -0.1) is 0 Å². The predicted octanol–water partition coefficient (Wildman–Crippen LogP) is 4.03. The van der Waals surface area contributed by atoms with Crippen LogP contribution in [-0.2, 0) is 0 Å².